The van der Waals surface area contributed by atoms with Gasteiger partial charge in [-0.15, -0.1) is 0 Å². The Morgan fingerprint density at radius 1 is 0.480 bits per heavy atom. The summed E-state index contributed by atoms with van der Waals surface area (Å²) in [5.41, 5.74) is 10.8. The van der Waals surface area contributed by atoms with Gasteiger partial charge in [0.2, 0.25) is 0 Å². The molecule has 0 amide bonds. The average Bonchev–Trinajstić information content (AvgIpc) is 2.60. The summed E-state index contributed by atoms with van der Waals surface area (Å²) < 4.78 is 0. The maximum Gasteiger partial charge on any atom is 0.0892 e. The summed E-state index contributed by atoms with van der Waals surface area (Å²) in [6.07, 6.45) is 30.1. The Morgan fingerprint density at radius 2 is 0.760 bits per heavy atom. The third-order valence-corrected chi connectivity index (χ3v) is 5.19. The molecule has 150 valence electrons. The molecule has 0 aliphatic rings. The molecular weight excluding hydrogens is 304 g/mol. The molecule has 0 aliphatic carbocycles. The molecule has 0 aromatic carbocycles. The highest BCUT2D eigenvalue weighted by Gasteiger charge is 1.95. The third-order valence-electron chi connectivity index (χ3n) is 5.19. The molecule has 0 aliphatic heterocycles. The molecule has 0 saturated carbocycles. The van der Waals surface area contributed by atoms with Gasteiger partial charge < -0.3 is 11.5 Å². The van der Waals surface area contributed by atoms with E-state index in [1.54, 1.807) is 0 Å². The fourth-order valence-electron chi connectivity index (χ4n) is 3.49. The third kappa shape index (κ3) is 23.3. The van der Waals surface area contributed by atoms with Crippen molar-refractivity contribution in [3.8, 4) is 0 Å². The molecule has 0 heterocycles. The van der Waals surface area contributed by atoms with Gasteiger partial charge in [0, 0.05) is 0 Å². The van der Waals surface area contributed by atoms with E-state index in [9.17, 15) is 0 Å². The van der Waals surface area contributed by atoms with Crippen LogP contribution in [0.25, 0.3) is 0 Å². The monoisotopic (exact) mass is 352 g/mol. The molecule has 2 nitrogen and oxygen atoms in total. The Labute approximate surface area is 159 Å². The number of allylic oxidation sites excluding steroid dienone is 1. The standard InChI is InChI=1S/C23H48N2/c1-2-3-4-5-6-7-8-9-10-11-12-13-14-15-16-17-18-19-20-21-22-23(24)25/h22H,2-21,24-25H2,1H3. The first-order valence-corrected chi connectivity index (χ1v) is 11.5. The maximum atomic E-state index is 5.41. The Hall–Kier alpha value is -0.660. The lowest BCUT2D eigenvalue weighted by Gasteiger charge is -2.04. The lowest BCUT2D eigenvalue weighted by atomic mass is 10.0. The van der Waals surface area contributed by atoms with Gasteiger partial charge in [-0.25, -0.2) is 0 Å². The van der Waals surface area contributed by atoms with E-state index in [-0.39, 0.29) is 0 Å². The average molecular weight is 353 g/mol. The van der Waals surface area contributed by atoms with Gasteiger partial charge >= 0.3 is 0 Å². The van der Waals surface area contributed by atoms with Crippen molar-refractivity contribution in [1.82, 2.24) is 0 Å². The second-order valence-electron chi connectivity index (χ2n) is 7.86. The van der Waals surface area contributed by atoms with Gasteiger partial charge in [0.05, 0.1) is 5.82 Å². The van der Waals surface area contributed by atoms with Crippen LogP contribution >= 0.6 is 0 Å². The van der Waals surface area contributed by atoms with Crippen molar-refractivity contribution in [2.24, 2.45) is 11.5 Å². The normalized spacial score (nSPS) is 10.9. The van der Waals surface area contributed by atoms with E-state index in [1.807, 2.05) is 6.08 Å². The molecule has 0 bridgehead atoms. The zero-order valence-corrected chi connectivity index (χ0v) is 17.4. The quantitative estimate of drug-likeness (QED) is 0.222. The highest BCUT2D eigenvalue weighted by molar-refractivity contribution is 4.89. The smallest absolute Gasteiger partial charge is 0.0892 e. The first kappa shape index (κ1) is 24.3. The number of rotatable bonds is 20. The summed E-state index contributed by atoms with van der Waals surface area (Å²) in [7, 11) is 0. The molecule has 0 radical (unpaired) electrons. The van der Waals surface area contributed by atoms with Crippen molar-refractivity contribution < 1.29 is 0 Å². The second-order valence-corrected chi connectivity index (χ2v) is 7.86. The van der Waals surface area contributed by atoms with E-state index in [2.05, 4.69) is 6.92 Å². The summed E-state index contributed by atoms with van der Waals surface area (Å²) in [6, 6.07) is 0. The molecule has 25 heavy (non-hydrogen) atoms. The van der Waals surface area contributed by atoms with Crippen molar-refractivity contribution in [2.75, 3.05) is 0 Å². The van der Waals surface area contributed by atoms with Crippen LogP contribution in [0, 0.1) is 0 Å². The summed E-state index contributed by atoms with van der Waals surface area (Å²) >= 11 is 0. The molecule has 0 saturated heterocycles. The zero-order valence-electron chi connectivity index (χ0n) is 17.4. The number of nitrogens with two attached hydrogens (primary N) is 2. The van der Waals surface area contributed by atoms with E-state index in [0.29, 0.717) is 5.82 Å². The van der Waals surface area contributed by atoms with E-state index in [1.165, 1.54) is 122 Å². The van der Waals surface area contributed by atoms with Gasteiger partial charge in [0.15, 0.2) is 0 Å². The fourth-order valence-corrected chi connectivity index (χ4v) is 3.49. The first-order valence-electron chi connectivity index (χ1n) is 11.5. The van der Waals surface area contributed by atoms with Gasteiger partial charge in [-0.2, -0.15) is 0 Å². The van der Waals surface area contributed by atoms with Gasteiger partial charge in [-0.3, -0.25) is 0 Å². The molecule has 2 heteroatoms. The van der Waals surface area contributed by atoms with Crippen molar-refractivity contribution in [3.63, 3.8) is 0 Å². The topological polar surface area (TPSA) is 52.0 Å². The van der Waals surface area contributed by atoms with E-state index < -0.39 is 0 Å². The molecule has 0 spiro atoms. The Morgan fingerprint density at radius 3 is 1.04 bits per heavy atom. The summed E-state index contributed by atoms with van der Waals surface area (Å²) in [5, 5.41) is 0. The molecule has 0 unspecified atom stereocenters. The highest BCUT2D eigenvalue weighted by Crippen LogP contribution is 2.14. The molecular formula is C23H48N2. The molecule has 0 aromatic rings. The number of hydrogen-bond donors (Lipinski definition) is 2. The lowest BCUT2D eigenvalue weighted by Crippen LogP contribution is -2.07. The van der Waals surface area contributed by atoms with Gasteiger partial charge in [0.25, 0.3) is 0 Å². The van der Waals surface area contributed by atoms with E-state index in [4.69, 9.17) is 11.5 Å². The SMILES string of the molecule is CCCCCCCCCCCCCCCCCCCCCC=C(N)N. The van der Waals surface area contributed by atoms with Gasteiger partial charge in [-0.05, 0) is 18.9 Å². The van der Waals surface area contributed by atoms with Crippen LogP contribution in [0.1, 0.15) is 135 Å². The largest absolute Gasteiger partial charge is 0.386 e. The van der Waals surface area contributed by atoms with Gasteiger partial charge in [0.1, 0.15) is 0 Å². The second kappa shape index (κ2) is 21.4. The van der Waals surface area contributed by atoms with Crippen molar-refractivity contribution in [2.45, 2.75) is 135 Å². The predicted octanol–water partition coefficient (Wildman–Crippen LogP) is 7.57. The van der Waals surface area contributed by atoms with Crippen LogP contribution in [-0.2, 0) is 0 Å². The Kier molecular flexibility index (Phi) is 20.8. The van der Waals surface area contributed by atoms with Gasteiger partial charge in [-0.1, -0.05) is 122 Å². The minimum atomic E-state index is 0.474. The fraction of sp³-hybridized carbons (Fsp3) is 0.913. The predicted molar refractivity (Wildman–Crippen MR) is 114 cm³/mol. The molecule has 0 fully saturated rings. The number of unbranched alkanes of at least 4 members (excludes halogenated alkanes) is 19. The molecule has 4 N–H and O–H groups in total. The van der Waals surface area contributed by atoms with Crippen molar-refractivity contribution >= 4 is 0 Å². The lowest BCUT2D eigenvalue weighted by molar-refractivity contribution is 0.523. The van der Waals surface area contributed by atoms with Crippen LogP contribution in [0.15, 0.2) is 11.9 Å². The Balaban J connectivity index is 2.99. The summed E-state index contributed by atoms with van der Waals surface area (Å²) in [6.45, 7) is 2.29. The van der Waals surface area contributed by atoms with Crippen LogP contribution in [0.3, 0.4) is 0 Å². The van der Waals surface area contributed by atoms with Crippen LogP contribution in [-0.4, -0.2) is 0 Å². The van der Waals surface area contributed by atoms with E-state index in [0.717, 1.165) is 6.42 Å². The molecule has 0 rings (SSSR count). The summed E-state index contributed by atoms with van der Waals surface area (Å²) in [4.78, 5) is 0. The van der Waals surface area contributed by atoms with Crippen LogP contribution in [0.4, 0.5) is 0 Å². The van der Waals surface area contributed by atoms with Crippen LogP contribution in [0.5, 0.6) is 0 Å². The summed E-state index contributed by atoms with van der Waals surface area (Å²) in [5.74, 6) is 0.474. The molecule has 0 atom stereocenters. The van der Waals surface area contributed by atoms with E-state index >= 15 is 0 Å². The minimum absolute atomic E-state index is 0.474. The van der Waals surface area contributed by atoms with Crippen molar-refractivity contribution in [1.29, 1.82) is 0 Å². The highest BCUT2D eigenvalue weighted by atomic mass is 14.8. The van der Waals surface area contributed by atoms with Crippen LogP contribution in [0.2, 0.25) is 0 Å². The van der Waals surface area contributed by atoms with Crippen molar-refractivity contribution in [3.05, 3.63) is 11.9 Å². The Bertz CT molecular complexity index is 269. The molecule has 0 aromatic heterocycles. The van der Waals surface area contributed by atoms with Crippen LogP contribution < -0.4 is 11.5 Å². The zero-order chi connectivity index (χ0) is 18.4. The minimum Gasteiger partial charge on any atom is -0.386 e. The maximum absolute atomic E-state index is 5.41. The number of hydrogen-bond acceptors (Lipinski definition) is 2. The first-order chi connectivity index (χ1) is 12.3.